The van der Waals surface area contributed by atoms with Crippen LogP contribution in [0.5, 0.6) is 5.75 Å². The Bertz CT molecular complexity index is 935. The summed E-state index contributed by atoms with van der Waals surface area (Å²) in [7, 11) is 0. The van der Waals surface area contributed by atoms with Gasteiger partial charge in [-0.3, -0.25) is 9.59 Å². The van der Waals surface area contributed by atoms with Crippen LogP contribution in [0, 0.1) is 0 Å². The lowest BCUT2D eigenvalue weighted by atomic mass is 10.1. The third kappa shape index (κ3) is 2.54. The molecule has 4 nitrogen and oxygen atoms in total. The number of phenols is 1. The first-order valence-electron chi connectivity index (χ1n) is 6.68. The van der Waals surface area contributed by atoms with Crippen molar-refractivity contribution in [3.05, 3.63) is 82.2 Å². The van der Waals surface area contributed by atoms with Crippen LogP contribution in [-0.4, -0.2) is 10.9 Å². The molecule has 1 heterocycles. The number of phenolic OH excluding ortho intramolecular Hbond substituents is 1. The van der Waals surface area contributed by atoms with Gasteiger partial charge in [0, 0.05) is 0 Å². The summed E-state index contributed by atoms with van der Waals surface area (Å²) < 4.78 is 5.37. The van der Waals surface area contributed by atoms with E-state index in [1.807, 2.05) is 0 Å². The van der Waals surface area contributed by atoms with E-state index in [4.69, 9.17) is 4.42 Å². The molecule has 0 unspecified atom stereocenters. The third-order valence-electron chi connectivity index (χ3n) is 3.29. The van der Waals surface area contributed by atoms with Crippen LogP contribution in [-0.2, 0) is 0 Å². The molecule has 108 valence electrons. The molecular formula is C18H12O4. The Hall–Kier alpha value is -3.14. The van der Waals surface area contributed by atoms with Crippen molar-refractivity contribution < 1.29 is 14.3 Å². The number of benzene rings is 2. The number of allylic oxidation sites excluding steroid dienone is 1. The zero-order valence-corrected chi connectivity index (χ0v) is 11.5. The maximum atomic E-state index is 12.3. The molecule has 0 fully saturated rings. The predicted octanol–water partition coefficient (Wildman–Crippen LogP) is 3.39. The van der Waals surface area contributed by atoms with Crippen LogP contribution < -0.4 is 5.43 Å². The average molecular weight is 292 g/mol. The molecule has 3 rings (SSSR count). The second-order valence-electron chi connectivity index (χ2n) is 4.73. The number of para-hydroxylation sites is 2. The minimum atomic E-state index is -0.384. The topological polar surface area (TPSA) is 67.5 Å². The van der Waals surface area contributed by atoms with Crippen molar-refractivity contribution in [1.29, 1.82) is 0 Å². The highest BCUT2D eigenvalue weighted by Gasteiger charge is 2.08. The summed E-state index contributed by atoms with van der Waals surface area (Å²) in [5.74, 6) is -0.478. The first-order valence-corrected chi connectivity index (χ1v) is 6.68. The number of fused-ring (bicyclic) bond motifs is 1. The molecule has 0 atom stereocenters. The van der Waals surface area contributed by atoms with E-state index in [1.165, 1.54) is 30.5 Å². The Morgan fingerprint density at radius 2 is 1.77 bits per heavy atom. The Morgan fingerprint density at radius 1 is 1.05 bits per heavy atom. The first-order chi connectivity index (χ1) is 10.7. The minimum Gasteiger partial charge on any atom is -0.507 e. The fraction of sp³-hybridized carbons (Fsp3) is 0. The highest BCUT2D eigenvalue weighted by Crippen LogP contribution is 2.17. The van der Waals surface area contributed by atoms with Gasteiger partial charge in [0.2, 0.25) is 0 Å². The standard InChI is InChI=1S/C18H12O4/c19-15-7-3-1-5-13(15)16(20)10-9-12-11-22-17-8-4-2-6-14(17)18(12)21/h1-11,19H/b10-9+. The quantitative estimate of drug-likeness (QED) is 0.593. The van der Waals surface area contributed by atoms with E-state index in [-0.39, 0.29) is 28.1 Å². The fourth-order valence-electron chi connectivity index (χ4n) is 2.15. The maximum Gasteiger partial charge on any atom is 0.199 e. The van der Waals surface area contributed by atoms with Crippen molar-refractivity contribution in [3.8, 4) is 5.75 Å². The van der Waals surface area contributed by atoms with Crippen molar-refractivity contribution in [3.63, 3.8) is 0 Å². The summed E-state index contributed by atoms with van der Waals surface area (Å²) in [5.41, 5.74) is 0.756. The second-order valence-corrected chi connectivity index (χ2v) is 4.73. The Kier molecular flexibility index (Phi) is 3.58. The van der Waals surface area contributed by atoms with Crippen molar-refractivity contribution >= 4 is 22.8 Å². The molecule has 0 saturated carbocycles. The van der Waals surface area contributed by atoms with Crippen LogP contribution in [0.2, 0.25) is 0 Å². The zero-order valence-electron chi connectivity index (χ0n) is 11.5. The Balaban J connectivity index is 1.96. The van der Waals surface area contributed by atoms with Gasteiger partial charge in [-0.1, -0.05) is 24.3 Å². The van der Waals surface area contributed by atoms with Crippen LogP contribution in [0.4, 0.5) is 0 Å². The van der Waals surface area contributed by atoms with Gasteiger partial charge in [0.05, 0.1) is 16.5 Å². The van der Waals surface area contributed by atoms with Gasteiger partial charge in [-0.15, -0.1) is 0 Å². The number of hydrogen-bond donors (Lipinski definition) is 1. The van der Waals surface area contributed by atoms with Crippen LogP contribution >= 0.6 is 0 Å². The average Bonchev–Trinajstić information content (AvgIpc) is 2.55. The maximum absolute atomic E-state index is 12.3. The molecule has 4 heteroatoms. The molecule has 1 N–H and O–H groups in total. The number of ketones is 1. The van der Waals surface area contributed by atoms with Crippen molar-refractivity contribution in [2.75, 3.05) is 0 Å². The summed E-state index contributed by atoms with van der Waals surface area (Å²) >= 11 is 0. The SMILES string of the molecule is O=C(/C=C/c1coc2ccccc2c1=O)c1ccccc1O. The van der Waals surface area contributed by atoms with Crippen LogP contribution in [0.1, 0.15) is 15.9 Å². The van der Waals surface area contributed by atoms with E-state index in [2.05, 4.69) is 0 Å². The van der Waals surface area contributed by atoms with E-state index in [1.54, 1.807) is 36.4 Å². The molecule has 0 saturated heterocycles. The van der Waals surface area contributed by atoms with Crippen LogP contribution in [0.15, 0.2) is 70.1 Å². The number of carbonyl (C=O) groups excluding carboxylic acids is 1. The first kappa shape index (κ1) is 13.8. The normalized spacial score (nSPS) is 11.1. The minimum absolute atomic E-state index is 0.0947. The molecular weight excluding hydrogens is 280 g/mol. The van der Waals surface area contributed by atoms with Gasteiger partial charge in [0.1, 0.15) is 17.6 Å². The molecule has 0 radical (unpaired) electrons. The second kappa shape index (κ2) is 5.69. The number of rotatable bonds is 3. The summed E-state index contributed by atoms with van der Waals surface area (Å²) in [6.45, 7) is 0. The molecule has 0 spiro atoms. The smallest absolute Gasteiger partial charge is 0.199 e. The summed E-state index contributed by atoms with van der Waals surface area (Å²) in [6.07, 6.45) is 3.96. The van der Waals surface area contributed by atoms with E-state index in [0.29, 0.717) is 11.0 Å². The molecule has 22 heavy (non-hydrogen) atoms. The zero-order chi connectivity index (χ0) is 15.5. The van der Waals surface area contributed by atoms with Gasteiger partial charge in [-0.25, -0.2) is 0 Å². The van der Waals surface area contributed by atoms with Gasteiger partial charge >= 0.3 is 0 Å². The largest absolute Gasteiger partial charge is 0.507 e. The predicted molar refractivity (Wildman–Crippen MR) is 84.0 cm³/mol. The lowest BCUT2D eigenvalue weighted by molar-refractivity contribution is 0.104. The molecule has 0 aliphatic carbocycles. The number of hydrogen-bond acceptors (Lipinski definition) is 4. The van der Waals surface area contributed by atoms with Gasteiger partial charge in [0.25, 0.3) is 0 Å². The summed E-state index contributed by atoms with van der Waals surface area (Å²) in [4.78, 5) is 24.3. The lowest BCUT2D eigenvalue weighted by Crippen LogP contribution is -2.05. The monoisotopic (exact) mass is 292 g/mol. The summed E-state index contributed by atoms with van der Waals surface area (Å²) in [5, 5.41) is 10.1. The van der Waals surface area contributed by atoms with E-state index < -0.39 is 0 Å². The van der Waals surface area contributed by atoms with E-state index >= 15 is 0 Å². The van der Waals surface area contributed by atoms with Gasteiger partial charge in [-0.05, 0) is 36.4 Å². The van der Waals surface area contributed by atoms with Gasteiger partial charge in [0.15, 0.2) is 11.2 Å². The Morgan fingerprint density at radius 3 is 2.59 bits per heavy atom. The lowest BCUT2D eigenvalue weighted by Gasteiger charge is -1.99. The molecule has 0 bridgehead atoms. The number of aromatic hydroxyl groups is 1. The molecule has 0 amide bonds. The van der Waals surface area contributed by atoms with Crippen molar-refractivity contribution in [2.45, 2.75) is 0 Å². The van der Waals surface area contributed by atoms with Crippen LogP contribution in [0.3, 0.4) is 0 Å². The van der Waals surface area contributed by atoms with Gasteiger partial charge in [-0.2, -0.15) is 0 Å². The molecule has 3 aromatic rings. The molecule has 1 aromatic heterocycles. The van der Waals surface area contributed by atoms with Crippen molar-refractivity contribution in [2.24, 2.45) is 0 Å². The summed E-state index contributed by atoms with van der Waals surface area (Å²) in [6, 6.07) is 13.2. The molecule has 0 aliphatic heterocycles. The Labute approximate surface area is 125 Å². The third-order valence-corrected chi connectivity index (χ3v) is 3.29. The molecule has 0 aliphatic rings. The van der Waals surface area contributed by atoms with Gasteiger partial charge < -0.3 is 9.52 Å². The van der Waals surface area contributed by atoms with E-state index in [9.17, 15) is 14.7 Å². The highest BCUT2D eigenvalue weighted by atomic mass is 16.3. The van der Waals surface area contributed by atoms with E-state index in [0.717, 1.165) is 0 Å². The van der Waals surface area contributed by atoms with Crippen molar-refractivity contribution in [1.82, 2.24) is 0 Å². The molecule has 2 aromatic carbocycles. The van der Waals surface area contributed by atoms with Crippen LogP contribution in [0.25, 0.3) is 17.0 Å². The number of carbonyl (C=O) groups is 1. The fourth-order valence-corrected chi connectivity index (χ4v) is 2.15. The highest BCUT2D eigenvalue weighted by molar-refractivity contribution is 6.08.